The number of rotatable bonds is 2. The highest BCUT2D eigenvalue weighted by Crippen LogP contribution is 2.32. The molecule has 0 aromatic heterocycles. The molecule has 1 heterocycles. The van der Waals surface area contributed by atoms with E-state index in [0.29, 0.717) is 5.92 Å². The van der Waals surface area contributed by atoms with Gasteiger partial charge < -0.3 is 0 Å². The number of benzene rings is 1. The third-order valence-corrected chi connectivity index (χ3v) is 2.17. The summed E-state index contributed by atoms with van der Waals surface area (Å²) in [4.78, 5) is 13.3. The summed E-state index contributed by atoms with van der Waals surface area (Å²) < 4.78 is 0. The monoisotopic (exact) mass is 189 g/mol. The van der Waals surface area contributed by atoms with Crippen molar-refractivity contribution < 1.29 is 4.79 Å². The van der Waals surface area contributed by atoms with Gasteiger partial charge in [0.05, 0.1) is 11.4 Å². The van der Waals surface area contributed by atoms with Crippen molar-refractivity contribution in [1.29, 1.82) is 0 Å². The number of fused-ring (bicyclic) bond motifs is 1. The van der Waals surface area contributed by atoms with Crippen LogP contribution in [0.15, 0.2) is 24.3 Å². The smallest absolute Gasteiger partial charge is 0.290 e. The lowest BCUT2D eigenvalue weighted by atomic mass is 10.2. The second-order valence-corrected chi connectivity index (χ2v) is 3.89. The molecule has 73 valence electrons. The standard InChI is InChI=1S/C11H13N2O/c1-8(2)7-13-10-6-4-3-5-9(10)12-11(13)14/h3-6,8H,7H2,1-2H3. The molecule has 1 aromatic rings. The summed E-state index contributed by atoms with van der Waals surface area (Å²) in [6.07, 6.45) is 0. The van der Waals surface area contributed by atoms with Gasteiger partial charge in [-0.3, -0.25) is 4.90 Å². The largest absolute Gasteiger partial charge is 0.348 e. The summed E-state index contributed by atoms with van der Waals surface area (Å²) in [5.41, 5.74) is 1.73. The Morgan fingerprint density at radius 2 is 2.07 bits per heavy atom. The molecule has 1 aliphatic heterocycles. The number of anilines is 1. The zero-order valence-corrected chi connectivity index (χ0v) is 8.40. The third kappa shape index (κ3) is 1.45. The van der Waals surface area contributed by atoms with E-state index in [1.54, 1.807) is 4.90 Å². The SMILES string of the molecule is CC(C)CN1C(=O)[N]c2ccccc21. The predicted octanol–water partition coefficient (Wildman–Crippen LogP) is 2.52. The quantitative estimate of drug-likeness (QED) is 0.703. The molecular formula is C11H13N2O. The van der Waals surface area contributed by atoms with E-state index >= 15 is 0 Å². The maximum atomic E-state index is 11.5. The van der Waals surface area contributed by atoms with Gasteiger partial charge in [-0.2, -0.15) is 5.32 Å². The van der Waals surface area contributed by atoms with Crippen LogP contribution in [-0.2, 0) is 0 Å². The van der Waals surface area contributed by atoms with Gasteiger partial charge in [-0.05, 0) is 18.1 Å². The number of nitrogens with zero attached hydrogens (tertiary/aromatic N) is 2. The Bertz CT molecular complexity index is 360. The molecule has 0 saturated heterocycles. The molecule has 1 radical (unpaired) electrons. The molecule has 3 nitrogen and oxygen atoms in total. The van der Waals surface area contributed by atoms with Gasteiger partial charge in [0.1, 0.15) is 0 Å². The Hall–Kier alpha value is -1.51. The Morgan fingerprint density at radius 1 is 1.36 bits per heavy atom. The fourth-order valence-electron chi connectivity index (χ4n) is 1.59. The topological polar surface area (TPSA) is 34.4 Å². The van der Waals surface area contributed by atoms with E-state index < -0.39 is 0 Å². The van der Waals surface area contributed by atoms with Gasteiger partial charge in [0, 0.05) is 6.54 Å². The molecule has 14 heavy (non-hydrogen) atoms. The highest BCUT2D eigenvalue weighted by atomic mass is 16.2. The Labute approximate surface area is 83.7 Å². The van der Waals surface area contributed by atoms with Crippen LogP contribution in [0.5, 0.6) is 0 Å². The van der Waals surface area contributed by atoms with Crippen LogP contribution in [0.25, 0.3) is 0 Å². The van der Waals surface area contributed by atoms with Gasteiger partial charge in [0.25, 0.3) is 0 Å². The average Bonchev–Trinajstić information content (AvgIpc) is 2.43. The maximum absolute atomic E-state index is 11.5. The summed E-state index contributed by atoms with van der Waals surface area (Å²) in [5.74, 6) is 0.459. The lowest BCUT2D eigenvalue weighted by molar-refractivity contribution is 0.250. The summed E-state index contributed by atoms with van der Waals surface area (Å²) in [7, 11) is 0. The minimum absolute atomic E-state index is 0.139. The molecule has 1 aliphatic rings. The van der Waals surface area contributed by atoms with Gasteiger partial charge in [-0.1, -0.05) is 26.0 Å². The van der Waals surface area contributed by atoms with Crippen molar-refractivity contribution in [1.82, 2.24) is 5.32 Å². The first-order valence-corrected chi connectivity index (χ1v) is 4.81. The van der Waals surface area contributed by atoms with Crippen molar-refractivity contribution in [2.24, 2.45) is 5.92 Å². The maximum Gasteiger partial charge on any atom is 0.348 e. The van der Waals surface area contributed by atoms with Crippen LogP contribution in [0, 0.1) is 5.92 Å². The number of carbonyl (C=O) groups is 1. The lowest BCUT2D eigenvalue weighted by Gasteiger charge is -2.17. The van der Waals surface area contributed by atoms with Crippen LogP contribution in [0.4, 0.5) is 16.2 Å². The summed E-state index contributed by atoms with van der Waals surface area (Å²) in [6.45, 7) is 4.92. The third-order valence-electron chi connectivity index (χ3n) is 2.17. The van der Waals surface area contributed by atoms with Crippen molar-refractivity contribution in [2.75, 3.05) is 11.4 Å². The van der Waals surface area contributed by atoms with E-state index in [1.165, 1.54) is 0 Å². The zero-order valence-electron chi connectivity index (χ0n) is 8.40. The number of para-hydroxylation sites is 2. The number of carbonyl (C=O) groups excluding carboxylic acids is 1. The van der Waals surface area contributed by atoms with Crippen molar-refractivity contribution >= 4 is 17.4 Å². The summed E-state index contributed by atoms with van der Waals surface area (Å²) in [5, 5.41) is 3.97. The molecule has 0 bridgehead atoms. The molecule has 0 spiro atoms. The van der Waals surface area contributed by atoms with E-state index in [9.17, 15) is 4.79 Å². The van der Waals surface area contributed by atoms with E-state index in [4.69, 9.17) is 0 Å². The first-order chi connectivity index (χ1) is 6.68. The minimum Gasteiger partial charge on any atom is -0.290 e. The highest BCUT2D eigenvalue weighted by Gasteiger charge is 2.28. The molecular weight excluding hydrogens is 176 g/mol. The first kappa shape index (κ1) is 9.06. The van der Waals surface area contributed by atoms with Crippen LogP contribution in [0.3, 0.4) is 0 Å². The number of hydrogen-bond acceptors (Lipinski definition) is 1. The molecule has 0 unspecified atom stereocenters. The number of amides is 2. The molecule has 2 amide bonds. The van der Waals surface area contributed by atoms with Crippen LogP contribution in [0.2, 0.25) is 0 Å². The number of hydrogen-bond donors (Lipinski definition) is 0. The summed E-state index contributed by atoms with van der Waals surface area (Å²) >= 11 is 0. The van der Waals surface area contributed by atoms with Crippen LogP contribution in [-0.4, -0.2) is 12.6 Å². The van der Waals surface area contributed by atoms with Crippen molar-refractivity contribution in [2.45, 2.75) is 13.8 Å². The second kappa shape index (κ2) is 3.33. The van der Waals surface area contributed by atoms with Crippen LogP contribution < -0.4 is 10.2 Å². The molecule has 0 atom stereocenters. The van der Waals surface area contributed by atoms with Gasteiger partial charge in [0.2, 0.25) is 0 Å². The van der Waals surface area contributed by atoms with Gasteiger partial charge in [-0.25, -0.2) is 4.79 Å². The Morgan fingerprint density at radius 3 is 2.79 bits per heavy atom. The van der Waals surface area contributed by atoms with Crippen LogP contribution >= 0.6 is 0 Å². The second-order valence-electron chi connectivity index (χ2n) is 3.89. The zero-order chi connectivity index (χ0) is 10.1. The van der Waals surface area contributed by atoms with Gasteiger partial charge >= 0.3 is 6.03 Å². The minimum atomic E-state index is -0.139. The molecule has 0 N–H and O–H groups in total. The Kier molecular flexibility index (Phi) is 2.15. The molecule has 1 aromatic carbocycles. The van der Waals surface area contributed by atoms with Crippen molar-refractivity contribution in [3.8, 4) is 0 Å². The summed E-state index contributed by atoms with van der Waals surface area (Å²) in [6, 6.07) is 7.49. The van der Waals surface area contributed by atoms with E-state index in [-0.39, 0.29) is 6.03 Å². The van der Waals surface area contributed by atoms with Crippen molar-refractivity contribution in [3.05, 3.63) is 24.3 Å². The van der Waals surface area contributed by atoms with Gasteiger partial charge in [0.15, 0.2) is 0 Å². The van der Waals surface area contributed by atoms with E-state index in [2.05, 4.69) is 19.2 Å². The van der Waals surface area contributed by atoms with E-state index in [1.807, 2.05) is 24.3 Å². The van der Waals surface area contributed by atoms with Crippen LogP contribution in [0.1, 0.15) is 13.8 Å². The molecule has 0 aliphatic carbocycles. The van der Waals surface area contributed by atoms with Gasteiger partial charge in [-0.15, -0.1) is 0 Å². The fraction of sp³-hybridized carbons (Fsp3) is 0.364. The predicted molar refractivity (Wildman–Crippen MR) is 55.8 cm³/mol. The number of urea groups is 1. The van der Waals surface area contributed by atoms with E-state index in [0.717, 1.165) is 17.9 Å². The fourth-order valence-corrected chi connectivity index (χ4v) is 1.59. The highest BCUT2D eigenvalue weighted by molar-refractivity contribution is 6.04. The molecule has 2 rings (SSSR count). The average molecular weight is 189 g/mol. The molecule has 0 saturated carbocycles. The van der Waals surface area contributed by atoms with Crippen molar-refractivity contribution in [3.63, 3.8) is 0 Å². The normalized spacial score (nSPS) is 14.5. The molecule has 0 fully saturated rings. The lowest BCUT2D eigenvalue weighted by Crippen LogP contribution is -2.31. The molecule has 3 heteroatoms. The first-order valence-electron chi connectivity index (χ1n) is 4.81. The Balaban J connectivity index is 2.30.